The Labute approximate surface area is 153 Å². The fraction of sp³-hybridized carbons (Fsp3) is 0.667. The second kappa shape index (κ2) is 4.63. The molecule has 3 aliphatic heterocycles. The van der Waals surface area contributed by atoms with Gasteiger partial charge in [-0.05, 0) is 56.8 Å². The molecular formula is C21H26N2O3. The van der Waals surface area contributed by atoms with Crippen molar-refractivity contribution < 1.29 is 14.6 Å². The number of carbonyl (C=O) groups excluding carboxylic acids is 1. The van der Waals surface area contributed by atoms with Gasteiger partial charge in [-0.3, -0.25) is 9.69 Å². The van der Waals surface area contributed by atoms with Crippen LogP contribution in [0, 0.1) is 11.3 Å². The maximum atomic E-state index is 12.9. The van der Waals surface area contributed by atoms with Crippen LogP contribution < -0.4 is 5.32 Å². The molecule has 3 aliphatic carbocycles. The van der Waals surface area contributed by atoms with Crippen LogP contribution in [0.2, 0.25) is 0 Å². The molecule has 0 aromatic heterocycles. The number of esters is 1. The fourth-order valence-electron chi connectivity index (χ4n) is 8.02. The van der Waals surface area contributed by atoms with Gasteiger partial charge >= 0.3 is 5.97 Å². The predicted molar refractivity (Wildman–Crippen MR) is 96.9 cm³/mol. The zero-order chi connectivity index (χ0) is 17.7. The zero-order valence-electron chi connectivity index (χ0n) is 15.2. The highest BCUT2D eigenvalue weighted by Crippen LogP contribution is 2.74. The first-order chi connectivity index (χ1) is 12.6. The first kappa shape index (κ1) is 15.5. The molecule has 26 heavy (non-hydrogen) atoms. The number of hydrogen-bond acceptors (Lipinski definition) is 5. The van der Waals surface area contributed by atoms with E-state index in [0.29, 0.717) is 12.5 Å². The zero-order valence-corrected chi connectivity index (χ0v) is 15.2. The van der Waals surface area contributed by atoms with E-state index in [4.69, 9.17) is 4.74 Å². The first-order valence-corrected chi connectivity index (χ1v) is 9.97. The van der Waals surface area contributed by atoms with Gasteiger partial charge in [0.25, 0.3) is 0 Å². The Balaban J connectivity index is 1.66. The number of rotatable bonds is 1. The Kier molecular flexibility index (Phi) is 2.75. The van der Waals surface area contributed by atoms with Crippen LogP contribution in [0.3, 0.4) is 0 Å². The Morgan fingerprint density at radius 3 is 2.96 bits per heavy atom. The van der Waals surface area contributed by atoms with Crippen LogP contribution in [0.5, 0.6) is 0 Å². The van der Waals surface area contributed by atoms with Gasteiger partial charge in [0.15, 0.2) is 0 Å². The first-order valence-electron chi connectivity index (χ1n) is 9.97. The van der Waals surface area contributed by atoms with Crippen molar-refractivity contribution in [2.45, 2.75) is 55.2 Å². The van der Waals surface area contributed by atoms with Crippen molar-refractivity contribution in [3.8, 4) is 0 Å². The van der Waals surface area contributed by atoms with Crippen LogP contribution in [-0.4, -0.2) is 53.9 Å². The summed E-state index contributed by atoms with van der Waals surface area (Å²) in [5.74, 6) is -0.309. The normalized spacial score (nSPS) is 47.7. The van der Waals surface area contributed by atoms with Crippen molar-refractivity contribution in [2.75, 3.05) is 25.5 Å². The third-order valence-electron chi connectivity index (χ3n) is 8.66. The van der Waals surface area contributed by atoms with Crippen LogP contribution in [0.15, 0.2) is 24.3 Å². The van der Waals surface area contributed by atoms with E-state index in [9.17, 15) is 9.90 Å². The van der Waals surface area contributed by atoms with E-state index in [-0.39, 0.29) is 28.8 Å². The van der Waals surface area contributed by atoms with Gasteiger partial charge in [0.2, 0.25) is 0 Å². The van der Waals surface area contributed by atoms with E-state index in [1.54, 1.807) is 0 Å². The summed E-state index contributed by atoms with van der Waals surface area (Å²) in [6.07, 6.45) is 4.21. The van der Waals surface area contributed by atoms with Crippen molar-refractivity contribution in [2.24, 2.45) is 11.3 Å². The number of piperidine rings is 1. The number of nitrogens with one attached hydrogen (secondary N) is 1. The van der Waals surface area contributed by atoms with Gasteiger partial charge in [0.1, 0.15) is 0 Å². The Bertz CT molecular complexity index is 812. The van der Waals surface area contributed by atoms with Gasteiger partial charge in [0.05, 0.1) is 24.7 Å². The summed E-state index contributed by atoms with van der Waals surface area (Å²) in [4.78, 5) is 15.6. The molecule has 3 heterocycles. The van der Waals surface area contributed by atoms with Crippen molar-refractivity contribution in [3.05, 3.63) is 29.8 Å². The number of aliphatic hydroxyl groups is 1. The molecule has 0 amide bonds. The number of aliphatic hydroxyl groups excluding tert-OH is 1. The van der Waals surface area contributed by atoms with E-state index >= 15 is 0 Å². The quantitative estimate of drug-likeness (QED) is 0.755. The molecule has 5 fully saturated rings. The average Bonchev–Trinajstić information content (AvgIpc) is 3.19. The standard InChI is InChI=1S/C21H26N2O3/c1-26-17(25)14-11-19-7-4-9-23-10-8-20(18(19)23)13-5-2-3-6-15(13)22-21(14,20)12-16(19)24/h2-3,5-6,14,16,18,22,24H,4,7-12H2,1H3/t14?,16?,18-,19?,20+,21?/m0/s1. The number of para-hydroxylation sites is 1. The van der Waals surface area contributed by atoms with Crippen molar-refractivity contribution in [3.63, 3.8) is 0 Å². The lowest BCUT2D eigenvalue weighted by Crippen LogP contribution is -2.80. The molecule has 5 nitrogen and oxygen atoms in total. The fourth-order valence-corrected chi connectivity index (χ4v) is 8.02. The van der Waals surface area contributed by atoms with Crippen molar-refractivity contribution >= 4 is 11.7 Å². The molecule has 138 valence electrons. The lowest BCUT2D eigenvalue weighted by Gasteiger charge is -2.70. The van der Waals surface area contributed by atoms with E-state index in [0.717, 1.165) is 44.5 Å². The lowest BCUT2D eigenvalue weighted by molar-refractivity contribution is -0.204. The van der Waals surface area contributed by atoms with Gasteiger partial charge < -0.3 is 15.2 Å². The highest BCUT2D eigenvalue weighted by atomic mass is 16.5. The van der Waals surface area contributed by atoms with E-state index < -0.39 is 5.54 Å². The largest absolute Gasteiger partial charge is 0.469 e. The van der Waals surface area contributed by atoms with E-state index in [1.807, 2.05) is 0 Å². The van der Waals surface area contributed by atoms with Crippen LogP contribution in [0.4, 0.5) is 5.69 Å². The highest BCUT2D eigenvalue weighted by molar-refractivity contribution is 5.81. The summed E-state index contributed by atoms with van der Waals surface area (Å²) in [6.45, 7) is 2.17. The maximum absolute atomic E-state index is 12.9. The topological polar surface area (TPSA) is 61.8 Å². The van der Waals surface area contributed by atoms with Crippen LogP contribution >= 0.6 is 0 Å². The molecule has 1 aromatic rings. The summed E-state index contributed by atoms with van der Waals surface area (Å²) in [5.41, 5.74) is 1.80. The smallest absolute Gasteiger partial charge is 0.311 e. The second-order valence-electron chi connectivity index (χ2n) is 9.14. The van der Waals surface area contributed by atoms with Gasteiger partial charge in [-0.1, -0.05) is 18.2 Å². The van der Waals surface area contributed by atoms with E-state index in [1.165, 1.54) is 12.7 Å². The number of carbonyl (C=O) groups is 1. The third-order valence-corrected chi connectivity index (χ3v) is 8.66. The van der Waals surface area contributed by atoms with Gasteiger partial charge in [0, 0.05) is 22.6 Å². The molecule has 3 saturated carbocycles. The van der Waals surface area contributed by atoms with Gasteiger partial charge in [-0.2, -0.15) is 0 Å². The highest BCUT2D eigenvalue weighted by Gasteiger charge is 2.81. The predicted octanol–water partition coefficient (Wildman–Crippen LogP) is 1.90. The molecule has 1 aromatic carbocycles. The molecule has 6 atom stereocenters. The Morgan fingerprint density at radius 1 is 1.27 bits per heavy atom. The average molecular weight is 354 g/mol. The second-order valence-corrected chi connectivity index (χ2v) is 9.14. The van der Waals surface area contributed by atoms with E-state index in [2.05, 4.69) is 34.5 Å². The van der Waals surface area contributed by atoms with Crippen LogP contribution in [0.25, 0.3) is 0 Å². The number of methoxy groups -OCH3 is 1. The number of anilines is 1. The molecule has 2 bridgehead atoms. The minimum Gasteiger partial charge on any atom is -0.469 e. The molecule has 7 rings (SSSR count). The summed E-state index contributed by atoms with van der Waals surface area (Å²) in [6, 6.07) is 8.91. The molecule has 6 aliphatic rings. The number of fused-ring (bicyclic) bond motifs is 3. The Hall–Kier alpha value is -1.59. The molecular weight excluding hydrogens is 328 g/mol. The molecule has 4 unspecified atom stereocenters. The Morgan fingerprint density at radius 2 is 2.12 bits per heavy atom. The molecule has 0 radical (unpaired) electrons. The molecule has 2 N–H and O–H groups in total. The summed E-state index contributed by atoms with van der Waals surface area (Å²) >= 11 is 0. The van der Waals surface area contributed by atoms with Gasteiger partial charge in [-0.25, -0.2) is 0 Å². The molecule has 5 heteroatoms. The number of ether oxygens (including phenoxy) is 1. The van der Waals surface area contributed by atoms with Crippen molar-refractivity contribution in [1.82, 2.24) is 4.90 Å². The third kappa shape index (κ3) is 1.38. The number of nitrogens with zero attached hydrogens (tertiary/aromatic N) is 1. The molecule has 2 saturated heterocycles. The number of hydrogen-bond donors (Lipinski definition) is 2. The summed E-state index contributed by atoms with van der Waals surface area (Å²) in [5, 5.41) is 15.1. The summed E-state index contributed by atoms with van der Waals surface area (Å²) < 4.78 is 5.28. The summed E-state index contributed by atoms with van der Waals surface area (Å²) in [7, 11) is 1.50. The van der Waals surface area contributed by atoms with Crippen LogP contribution in [0.1, 0.15) is 37.7 Å². The van der Waals surface area contributed by atoms with Crippen LogP contribution in [-0.2, 0) is 14.9 Å². The minimum atomic E-state index is -0.429. The monoisotopic (exact) mass is 354 g/mol. The number of benzene rings is 1. The lowest BCUT2D eigenvalue weighted by atomic mass is 9.38. The molecule has 3 spiro atoms. The van der Waals surface area contributed by atoms with Gasteiger partial charge in [-0.15, -0.1) is 0 Å². The minimum absolute atomic E-state index is 0.0969. The van der Waals surface area contributed by atoms with Crippen molar-refractivity contribution in [1.29, 1.82) is 0 Å². The SMILES string of the molecule is COC(=O)C1CC23CCCN4CC[C@@]5(c6ccccc6NC15CC2O)[C@@H]43. The maximum Gasteiger partial charge on any atom is 0.311 e.